The molecule has 2 N–H and O–H groups in total. The molecular formula is C39H46ClN9O4S. The van der Waals surface area contributed by atoms with Crippen LogP contribution in [0.4, 0.5) is 22.1 Å². The van der Waals surface area contributed by atoms with Gasteiger partial charge in [0, 0.05) is 74.4 Å². The number of carbonyl (C=O) groups is 2. The molecule has 4 saturated heterocycles. The van der Waals surface area contributed by atoms with E-state index >= 15 is 0 Å². The fourth-order valence-corrected chi connectivity index (χ4v) is 10.1. The lowest BCUT2D eigenvalue weighted by atomic mass is 9.86. The Morgan fingerprint density at radius 2 is 1.56 bits per heavy atom. The average molecular weight is 772 g/mol. The summed E-state index contributed by atoms with van der Waals surface area (Å²) >= 11 is 5.90. The molecule has 284 valence electrons. The van der Waals surface area contributed by atoms with Gasteiger partial charge in [-0.3, -0.25) is 20.0 Å². The molecule has 4 aromatic rings. The SMILES string of the molecule is O=C1CCN(c2cncc3c(C4CCN(CC5CCN(c6cccc(S(=O)(=O)N7CCC(Nc8ncc(Cl)cn8)CC7)c6)CC5)CC4)cccc23)C(=O)N1. The van der Waals surface area contributed by atoms with E-state index in [0.29, 0.717) is 60.2 Å². The van der Waals surface area contributed by atoms with Gasteiger partial charge >= 0.3 is 6.03 Å². The highest BCUT2D eigenvalue weighted by Crippen LogP contribution is 2.37. The number of nitrogens with zero attached hydrogens (tertiary/aromatic N) is 7. The van der Waals surface area contributed by atoms with Gasteiger partial charge < -0.3 is 15.1 Å². The number of urea groups is 1. The molecular weight excluding hydrogens is 726 g/mol. The molecule has 6 heterocycles. The number of piperidine rings is 3. The van der Waals surface area contributed by atoms with Gasteiger partial charge in [-0.1, -0.05) is 35.9 Å². The van der Waals surface area contributed by atoms with Crippen LogP contribution >= 0.6 is 11.6 Å². The minimum atomic E-state index is -3.61. The lowest BCUT2D eigenvalue weighted by Gasteiger charge is -2.38. The first-order chi connectivity index (χ1) is 26.2. The molecule has 4 aliphatic rings. The van der Waals surface area contributed by atoms with Crippen LogP contribution in [0.3, 0.4) is 0 Å². The number of halogens is 1. The van der Waals surface area contributed by atoms with Crippen LogP contribution in [0.2, 0.25) is 5.02 Å². The van der Waals surface area contributed by atoms with Crippen molar-refractivity contribution >= 4 is 61.7 Å². The van der Waals surface area contributed by atoms with Crippen LogP contribution in [0, 0.1) is 5.92 Å². The molecule has 4 fully saturated rings. The summed E-state index contributed by atoms with van der Waals surface area (Å²) in [7, 11) is -3.61. The van der Waals surface area contributed by atoms with Crippen LogP contribution in [0.1, 0.15) is 56.4 Å². The molecule has 2 aromatic heterocycles. The zero-order chi connectivity index (χ0) is 37.2. The Labute approximate surface area is 321 Å². The number of amides is 3. The van der Waals surface area contributed by atoms with Crippen molar-refractivity contribution in [3.63, 3.8) is 0 Å². The molecule has 0 aliphatic carbocycles. The summed E-state index contributed by atoms with van der Waals surface area (Å²) in [5.74, 6) is 1.27. The molecule has 13 nitrogen and oxygen atoms in total. The normalized spacial score (nSPS) is 20.4. The smallest absolute Gasteiger partial charge is 0.328 e. The molecule has 0 saturated carbocycles. The van der Waals surface area contributed by atoms with Gasteiger partial charge in [0.15, 0.2) is 0 Å². The van der Waals surface area contributed by atoms with E-state index in [1.54, 1.807) is 33.9 Å². The van der Waals surface area contributed by atoms with E-state index in [1.807, 2.05) is 30.5 Å². The van der Waals surface area contributed by atoms with Crippen molar-refractivity contribution in [3.05, 3.63) is 77.8 Å². The number of carbonyl (C=O) groups excluding carboxylic acids is 2. The predicted molar refractivity (Wildman–Crippen MR) is 209 cm³/mol. The van der Waals surface area contributed by atoms with Gasteiger partial charge in [-0.25, -0.2) is 23.2 Å². The number of nitrogens with one attached hydrogen (secondary N) is 2. The van der Waals surface area contributed by atoms with Gasteiger partial charge in [0.05, 0.1) is 34.2 Å². The second-order valence-corrected chi connectivity index (χ2v) is 17.3. The highest BCUT2D eigenvalue weighted by Gasteiger charge is 2.32. The lowest BCUT2D eigenvalue weighted by Crippen LogP contribution is -2.49. The first-order valence-corrected chi connectivity index (χ1v) is 20.8. The number of imide groups is 1. The number of hydrogen-bond donors (Lipinski definition) is 2. The topological polar surface area (TPSA) is 144 Å². The van der Waals surface area contributed by atoms with E-state index < -0.39 is 16.1 Å². The summed E-state index contributed by atoms with van der Waals surface area (Å²) in [5.41, 5.74) is 2.99. The highest BCUT2D eigenvalue weighted by atomic mass is 35.5. The highest BCUT2D eigenvalue weighted by molar-refractivity contribution is 7.89. The van der Waals surface area contributed by atoms with E-state index in [-0.39, 0.29) is 18.4 Å². The lowest BCUT2D eigenvalue weighted by molar-refractivity contribution is -0.120. The Morgan fingerprint density at radius 3 is 2.30 bits per heavy atom. The predicted octanol–water partition coefficient (Wildman–Crippen LogP) is 5.49. The molecule has 3 amide bonds. The van der Waals surface area contributed by atoms with Gasteiger partial charge in [0.2, 0.25) is 21.9 Å². The molecule has 0 unspecified atom stereocenters. The van der Waals surface area contributed by atoms with Crippen LogP contribution in [-0.4, -0.2) is 103 Å². The van der Waals surface area contributed by atoms with E-state index in [4.69, 9.17) is 11.6 Å². The van der Waals surface area contributed by atoms with Crippen LogP contribution in [0.15, 0.2) is 72.1 Å². The van der Waals surface area contributed by atoms with Crippen molar-refractivity contribution in [1.29, 1.82) is 0 Å². The summed E-state index contributed by atoms with van der Waals surface area (Å²) < 4.78 is 29.0. The van der Waals surface area contributed by atoms with E-state index in [0.717, 1.165) is 80.6 Å². The molecule has 8 rings (SSSR count). The number of fused-ring (bicyclic) bond motifs is 1. The molecule has 0 radical (unpaired) electrons. The molecule has 15 heteroatoms. The van der Waals surface area contributed by atoms with Gasteiger partial charge in [-0.2, -0.15) is 4.31 Å². The Balaban J connectivity index is 0.824. The summed E-state index contributed by atoms with van der Waals surface area (Å²) in [6, 6.07) is 13.5. The Morgan fingerprint density at radius 1 is 0.815 bits per heavy atom. The number of aromatic nitrogens is 3. The zero-order valence-electron chi connectivity index (χ0n) is 30.2. The Kier molecular flexibility index (Phi) is 10.7. The number of likely N-dealkylation sites (tertiary alicyclic amines) is 1. The standard InChI is InChI=1S/C39H46ClN9O4S/c40-29-22-42-38(43-23-29)44-30-11-18-48(19-12-30)54(52,53)32-4-1-3-31(21-32)47-16-7-27(8-17-47)26-46-14-9-28(10-15-46)33-5-2-6-34-35(33)24-41-25-36(34)49-20-13-37(50)45-39(49)51/h1-6,21-25,27-28,30H,7-20,26H2,(H,42,43,44)(H,45,50,51). The third kappa shape index (κ3) is 7.88. The van der Waals surface area contributed by atoms with Crippen molar-refractivity contribution < 1.29 is 18.0 Å². The minimum Gasteiger partial charge on any atom is -0.371 e. The van der Waals surface area contributed by atoms with Gasteiger partial charge in [0.25, 0.3) is 0 Å². The van der Waals surface area contributed by atoms with Crippen molar-refractivity contribution in [2.75, 3.05) is 67.5 Å². The zero-order valence-corrected chi connectivity index (χ0v) is 31.8. The number of rotatable bonds is 9. The van der Waals surface area contributed by atoms with Crippen molar-refractivity contribution in [1.82, 2.24) is 29.5 Å². The van der Waals surface area contributed by atoms with E-state index in [9.17, 15) is 18.0 Å². The number of hydrogen-bond acceptors (Lipinski definition) is 10. The maximum atomic E-state index is 13.7. The molecule has 0 bridgehead atoms. The monoisotopic (exact) mass is 771 g/mol. The van der Waals surface area contributed by atoms with Crippen molar-refractivity contribution in [3.8, 4) is 0 Å². The Hall–Kier alpha value is -4.37. The second-order valence-electron chi connectivity index (χ2n) is 14.9. The first kappa shape index (κ1) is 36.6. The Bertz CT molecular complexity index is 2100. The third-order valence-electron chi connectivity index (χ3n) is 11.5. The summed E-state index contributed by atoms with van der Waals surface area (Å²) in [5, 5.41) is 8.26. The molecule has 0 atom stereocenters. The number of benzene rings is 2. The largest absolute Gasteiger partial charge is 0.371 e. The van der Waals surface area contributed by atoms with Gasteiger partial charge in [-0.05, 0) is 87.2 Å². The summed E-state index contributed by atoms with van der Waals surface area (Å²) in [4.78, 5) is 44.2. The quantitative estimate of drug-likeness (QED) is 0.224. The fourth-order valence-electron chi connectivity index (χ4n) is 8.53. The molecule has 2 aromatic carbocycles. The maximum absolute atomic E-state index is 13.7. The van der Waals surface area contributed by atoms with E-state index in [2.05, 4.69) is 47.5 Å². The third-order valence-corrected chi connectivity index (χ3v) is 13.6. The van der Waals surface area contributed by atoms with Crippen LogP contribution in [0.25, 0.3) is 10.8 Å². The van der Waals surface area contributed by atoms with Crippen LogP contribution in [-0.2, 0) is 14.8 Å². The molecule has 4 aliphatic heterocycles. The number of sulfonamides is 1. The van der Waals surface area contributed by atoms with E-state index in [1.165, 1.54) is 5.56 Å². The number of pyridine rings is 1. The summed E-state index contributed by atoms with van der Waals surface area (Å²) in [6.07, 6.45) is 12.6. The molecule has 54 heavy (non-hydrogen) atoms. The van der Waals surface area contributed by atoms with Gasteiger partial charge in [0.1, 0.15) is 0 Å². The first-order valence-electron chi connectivity index (χ1n) is 19.0. The minimum absolute atomic E-state index is 0.0962. The van der Waals surface area contributed by atoms with Crippen molar-refractivity contribution in [2.24, 2.45) is 5.92 Å². The van der Waals surface area contributed by atoms with Crippen molar-refractivity contribution in [2.45, 2.75) is 61.8 Å². The fraction of sp³-hybridized carbons (Fsp3) is 0.462. The summed E-state index contributed by atoms with van der Waals surface area (Å²) in [6.45, 7) is 6.18. The van der Waals surface area contributed by atoms with Gasteiger partial charge in [-0.15, -0.1) is 0 Å². The maximum Gasteiger partial charge on any atom is 0.328 e. The average Bonchev–Trinajstić information content (AvgIpc) is 3.19. The molecule has 0 spiro atoms. The van der Waals surface area contributed by atoms with Crippen LogP contribution in [0.5, 0.6) is 0 Å². The number of anilines is 3. The second kappa shape index (κ2) is 15.8. The van der Waals surface area contributed by atoms with Crippen LogP contribution < -0.4 is 20.4 Å².